The summed E-state index contributed by atoms with van der Waals surface area (Å²) in [5.74, 6) is -0.00443. The predicted octanol–water partition coefficient (Wildman–Crippen LogP) is 2.93. The number of amides is 3. The summed E-state index contributed by atoms with van der Waals surface area (Å²) in [4.78, 5) is 40.5. The molecule has 182 valence electrons. The van der Waals surface area contributed by atoms with E-state index in [1.165, 1.54) is 0 Å². The standard InChI is InChI=1S/C24H35N3O6/c1-24(2,3)33-22(29)25-19-9-11-26(12-10-19)21(28)15-20-16-27(13-14-31-20)23(30)32-17-18-7-5-4-6-8-18/h4-8,19-20H,9-17H2,1-3H3,(H,25,29)/t20-/m1/s1. The lowest BCUT2D eigenvalue weighted by Crippen LogP contribution is -2.50. The van der Waals surface area contributed by atoms with Crippen LogP contribution in [0.2, 0.25) is 0 Å². The van der Waals surface area contributed by atoms with Crippen molar-refractivity contribution in [3.05, 3.63) is 35.9 Å². The average molecular weight is 462 g/mol. The topological polar surface area (TPSA) is 97.4 Å². The number of nitrogens with one attached hydrogen (secondary N) is 1. The zero-order chi connectivity index (χ0) is 23.8. The highest BCUT2D eigenvalue weighted by atomic mass is 16.6. The molecule has 0 aromatic heterocycles. The van der Waals surface area contributed by atoms with Crippen molar-refractivity contribution in [3.8, 4) is 0 Å². The molecular formula is C24H35N3O6. The zero-order valence-electron chi connectivity index (χ0n) is 19.7. The fraction of sp³-hybridized carbons (Fsp3) is 0.625. The lowest BCUT2D eigenvalue weighted by molar-refractivity contribution is -0.137. The molecule has 1 N–H and O–H groups in total. The molecule has 0 bridgehead atoms. The summed E-state index contributed by atoms with van der Waals surface area (Å²) >= 11 is 0. The number of piperidine rings is 1. The summed E-state index contributed by atoms with van der Waals surface area (Å²) in [5, 5.41) is 2.88. The van der Waals surface area contributed by atoms with E-state index in [4.69, 9.17) is 14.2 Å². The van der Waals surface area contributed by atoms with Gasteiger partial charge in [0.2, 0.25) is 5.91 Å². The minimum absolute atomic E-state index is 0.00443. The van der Waals surface area contributed by atoms with Gasteiger partial charge in [0.15, 0.2) is 0 Å². The summed E-state index contributed by atoms with van der Waals surface area (Å²) in [6.07, 6.45) is 0.388. The fourth-order valence-corrected chi connectivity index (χ4v) is 3.89. The third-order valence-corrected chi connectivity index (χ3v) is 5.57. The third-order valence-electron chi connectivity index (χ3n) is 5.57. The Hall–Kier alpha value is -2.81. The van der Waals surface area contributed by atoms with Gasteiger partial charge in [0, 0.05) is 25.7 Å². The van der Waals surface area contributed by atoms with Crippen molar-refractivity contribution in [3.63, 3.8) is 0 Å². The van der Waals surface area contributed by atoms with Gasteiger partial charge in [-0.3, -0.25) is 4.79 Å². The summed E-state index contributed by atoms with van der Waals surface area (Å²) < 4.78 is 16.4. The van der Waals surface area contributed by atoms with Crippen LogP contribution < -0.4 is 5.32 Å². The van der Waals surface area contributed by atoms with E-state index in [1.807, 2.05) is 51.1 Å². The van der Waals surface area contributed by atoms with Crippen molar-refractivity contribution < 1.29 is 28.6 Å². The monoisotopic (exact) mass is 461 g/mol. The van der Waals surface area contributed by atoms with Gasteiger partial charge in [0.05, 0.1) is 25.7 Å². The maximum atomic E-state index is 12.8. The lowest BCUT2D eigenvalue weighted by atomic mass is 10.0. The van der Waals surface area contributed by atoms with Crippen molar-refractivity contribution >= 4 is 18.1 Å². The second-order valence-corrected chi connectivity index (χ2v) is 9.48. The van der Waals surface area contributed by atoms with Gasteiger partial charge in [-0.25, -0.2) is 9.59 Å². The minimum Gasteiger partial charge on any atom is -0.445 e. The van der Waals surface area contributed by atoms with Crippen LogP contribution in [-0.4, -0.2) is 78.4 Å². The molecule has 0 unspecified atom stereocenters. The van der Waals surface area contributed by atoms with Gasteiger partial charge in [-0.15, -0.1) is 0 Å². The van der Waals surface area contributed by atoms with Gasteiger partial charge < -0.3 is 29.3 Å². The minimum atomic E-state index is -0.539. The first-order valence-electron chi connectivity index (χ1n) is 11.5. The Balaban J connectivity index is 1.38. The van der Waals surface area contributed by atoms with Crippen molar-refractivity contribution in [1.82, 2.24) is 15.1 Å². The van der Waals surface area contributed by atoms with Crippen molar-refractivity contribution in [1.29, 1.82) is 0 Å². The Labute approximate surface area is 195 Å². The molecule has 3 rings (SSSR count). The van der Waals surface area contributed by atoms with Crippen molar-refractivity contribution in [2.24, 2.45) is 0 Å². The van der Waals surface area contributed by atoms with Crippen LogP contribution in [0.4, 0.5) is 9.59 Å². The Kier molecular flexibility index (Phi) is 8.55. The van der Waals surface area contributed by atoms with E-state index >= 15 is 0 Å². The SMILES string of the molecule is CC(C)(C)OC(=O)NC1CCN(C(=O)C[C@@H]2CN(C(=O)OCc3ccccc3)CCO2)CC1. The van der Waals surface area contributed by atoms with Gasteiger partial charge in [-0.1, -0.05) is 30.3 Å². The molecule has 0 aliphatic carbocycles. The van der Waals surface area contributed by atoms with Gasteiger partial charge >= 0.3 is 12.2 Å². The second-order valence-electron chi connectivity index (χ2n) is 9.48. The number of hydrogen-bond acceptors (Lipinski definition) is 6. The maximum absolute atomic E-state index is 12.8. The van der Waals surface area contributed by atoms with E-state index in [0.29, 0.717) is 45.6 Å². The molecule has 2 aliphatic rings. The predicted molar refractivity (Wildman–Crippen MR) is 122 cm³/mol. The van der Waals surface area contributed by atoms with Crippen LogP contribution in [0.25, 0.3) is 0 Å². The molecule has 2 fully saturated rings. The summed E-state index contributed by atoms with van der Waals surface area (Å²) in [7, 11) is 0. The molecule has 33 heavy (non-hydrogen) atoms. The molecule has 2 aliphatic heterocycles. The third kappa shape index (κ3) is 8.24. The van der Waals surface area contributed by atoms with E-state index in [9.17, 15) is 14.4 Å². The van der Waals surface area contributed by atoms with Crippen LogP contribution >= 0.6 is 0 Å². The Morgan fingerprint density at radius 3 is 2.42 bits per heavy atom. The Bertz CT molecular complexity index is 802. The molecule has 0 spiro atoms. The van der Waals surface area contributed by atoms with E-state index in [-0.39, 0.29) is 31.1 Å². The number of carbonyl (C=O) groups is 3. The second kappa shape index (κ2) is 11.4. The van der Waals surface area contributed by atoms with E-state index < -0.39 is 17.8 Å². The highest BCUT2D eigenvalue weighted by Crippen LogP contribution is 2.17. The maximum Gasteiger partial charge on any atom is 0.410 e. The molecule has 1 aromatic carbocycles. The van der Waals surface area contributed by atoms with E-state index in [0.717, 1.165) is 5.56 Å². The largest absolute Gasteiger partial charge is 0.445 e. The first-order chi connectivity index (χ1) is 15.7. The van der Waals surface area contributed by atoms with Gasteiger partial charge in [0.1, 0.15) is 12.2 Å². The molecular weight excluding hydrogens is 426 g/mol. The molecule has 2 saturated heterocycles. The fourth-order valence-electron chi connectivity index (χ4n) is 3.89. The number of alkyl carbamates (subject to hydrolysis) is 1. The lowest BCUT2D eigenvalue weighted by Gasteiger charge is -2.35. The number of hydrogen-bond donors (Lipinski definition) is 1. The number of rotatable bonds is 5. The number of morpholine rings is 1. The van der Waals surface area contributed by atoms with Crippen molar-refractivity contribution in [2.45, 2.75) is 64.4 Å². The summed E-state index contributed by atoms with van der Waals surface area (Å²) in [6, 6.07) is 9.51. The number of ether oxygens (including phenoxy) is 3. The molecule has 1 aromatic rings. The molecule has 3 amide bonds. The van der Waals surface area contributed by atoms with Gasteiger partial charge in [0.25, 0.3) is 0 Å². The highest BCUT2D eigenvalue weighted by Gasteiger charge is 2.30. The molecule has 9 heteroatoms. The Morgan fingerprint density at radius 1 is 1.06 bits per heavy atom. The quantitative estimate of drug-likeness (QED) is 0.724. The highest BCUT2D eigenvalue weighted by molar-refractivity contribution is 5.77. The normalized spacial score (nSPS) is 19.7. The summed E-state index contributed by atoms with van der Waals surface area (Å²) in [5.41, 5.74) is 0.387. The van der Waals surface area contributed by atoms with Crippen LogP contribution in [0.3, 0.4) is 0 Å². The number of carbonyl (C=O) groups excluding carboxylic acids is 3. The zero-order valence-corrected chi connectivity index (χ0v) is 19.7. The van der Waals surface area contributed by atoms with Crippen LogP contribution in [0.5, 0.6) is 0 Å². The Morgan fingerprint density at radius 2 is 1.76 bits per heavy atom. The van der Waals surface area contributed by atoms with E-state index in [1.54, 1.807) is 9.80 Å². The molecule has 0 saturated carbocycles. The van der Waals surface area contributed by atoms with Gasteiger partial charge in [-0.05, 0) is 39.2 Å². The number of likely N-dealkylation sites (tertiary alicyclic amines) is 1. The smallest absolute Gasteiger partial charge is 0.410 e. The van der Waals surface area contributed by atoms with Crippen LogP contribution in [0.1, 0.15) is 45.6 Å². The van der Waals surface area contributed by atoms with Crippen LogP contribution in [-0.2, 0) is 25.6 Å². The molecule has 9 nitrogen and oxygen atoms in total. The molecule has 0 radical (unpaired) electrons. The number of nitrogens with zero attached hydrogens (tertiary/aromatic N) is 2. The molecule has 2 heterocycles. The average Bonchev–Trinajstić information content (AvgIpc) is 2.77. The summed E-state index contributed by atoms with van der Waals surface area (Å²) in [6.45, 7) is 7.97. The first-order valence-corrected chi connectivity index (χ1v) is 11.5. The van der Waals surface area contributed by atoms with Crippen LogP contribution in [0.15, 0.2) is 30.3 Å². The number of benzene rings is 1. The van der Waals surface area contributed by atoms with Crippen LogP contribution in [0, 0.1) is 0 Å². The van der Waals surface area contributed by atoms with E-state index in [2.05, 4.69) is 5.32 Å². The first kappa shape index (κ1) is 24.8. The molecule has 1 atom stereocenters. The van der Waals surface area contributed by atoms with Gasteiger partial charge in [-0.2, -0.15) is 0 Å². The van der Waals surface area contributed by atoms with Crippen molar-refractivity contribution in [2.75, 3.05) is 32.8 Å².